The zero-order valence-electron chi connectivity index (χ0n) is 16.1. The van der Waals surface area contributed by atoms with Crippen LogP contribution in [0.2, 0.25) is 0 Å². The van der Waals surface area contributed by atoms with E-state index in [4.69, 9.17) is 14.2 Å². The number of aromatic nitrogens is 2. The summed E-state index contributed by atoms with van der Waals surface area (Å²) in [6.07, 6.45) is 0.811. The van der Waals surface area contributed by atoms with Crippen molar-refractivity contribution in [3.8, 4) is 11.5 Å². The normalized spacial score (nSPS) is 11.6. The summed E-state index contributed by atoms with van der Waals surface area (Å²) in [5.41, 5.74) is 4.73. The molecule has 28 heavy (non-hydrogen) atoms. The first-order valence-electron chi connectivity index (χ1n) is 8.67. The van der Waals surface area contributed by atoms with E-state index in [1.807, 2.05) is 24.3 Å². The number of nitrogens with one attached hydrogen (secondary N) is 2. The molecule has 2 N–H and O–H groups in total. The zero-order chi connectivity index (χ0) is 20.1. The molecule has 0 atom stereocenters. The van der Waals surface area contributed by atoms with E-state index in [1.54, 1.807) is 45.2 Å². The first-order valence-corrected chi connectivity index (χ1v) is 8.67. The highest BCUT2D eigenvalue weighted by atomic mass is 16.7. The molecule has 0 amide bonds. The minimum Gasteiger partial charge on any atom is -0.493 e. The maximum Gasteiger partial charge on any atom is 0.514 e. The second kappa shape index (κ2) is 7.99. The van der Waals surface area contributed by atoms with E-state index in [-0.39, 0.29) is 5.75 Å². The topological polar surface area (TPSA) is 97.8 Å². The van der Waals surface area contributed by atoms with Crippen molar-refractivity contribution in [1.29, 1.82) is 0 Å². The van der Waals surface area contributed by atoms with Crippen LogP contribution in [0.15, 0.2) is 47.6 Å². The number of hydrogen-bond acceptors (Lipinski definition) is 7. The molecule has 3 aromatic rings. The van der Waals surface area contributed by atoms with Gasteiger partial charge in [-0.15, -0.1) is 0 Å². The molecule has 0 bridgehead atoms. The molecule has 0 saturated heterocycles. The van der Waals surface area contributed by atoms with Gasteiger partial charge in [-0.05, 0) is 56.7 Å². The van der Waals surface area contributed by atoms with Gasteiger partial charge in [-0.2, -0.15) is 5.10 Å². The van der Waals surface area contributed by atoms with Gasteiger partial charge in [0.15, 0.2) is 11.5 Å². The van der Waals surface area contributed by atoms with Crippen LogP contribution in [0, 0.1) is 0 Å². The zero-order valence-corrected chi connectivity index (χ0v) is 16.1. The molecule has 0 radical (unpaired) electrons. The molecule has 0 aliphatic rings. The largest absolute Gasteiger partial charge is 0.514 e. The number of carbonyl (C=O) groups is 1. The smallest absolute Gasteiger partial charge is 0.493 e. The van der Waals surface area contributed by atoms with E-state index in [0.717, 1.165) is 16.6 Å². The molecular formula is C20H22N4O4. The molecule has 146 valence electrons. The Morgan fingerprint density at radius 3 is 2.68 bits per heavy atom. The number of hydrogen-bond donors (Lipinski definition) is 2. The Kier molecular flexibility index (Phi) is 5.49. The highest BCUT2D eigenvalue weighted by Crippen LogP contribution is 2.28. The van der Waals surface area contributed by atoms with Gasteiger partial charge in [0, 0.05) is 0 Å². The van der Waals surface area contributed by atoms with E-state index in [2.05, 4.69) is 20.5 Å². The van der Waals surface area contributed by atoms with Gasteiger partial charge in [-0.25, -0.2) is 15.2 Å². The van der Waals surface area contributed by atoms with Gasteiger partial charge in [-0.1, -0.05) is 12.1 Å². The predicted molar refractivity (Wildman–Crippen MR) is 107 cm³/mol. The minimum absolute atomic E-state index is 0.263. The minimum atomic E-state index is -0.793. The second-order valence-electron chi connectivity index (χ2n) is 6.95. The first kappa shape index (κ1) is 19.2. The highest BCUT2D eigenvalue weighted by molar-refractivity contribution is 5.82. The average molecular weight is 382 g/mol. The molecule has 2 aromatic carbocycles. The maximum absolute atomic E-state index is 11.8. The Hall–Kier alpha value is -3.55. The van der Waals surface area contributed by atoms with E-state index in [0.29, 0.717) is 11.7 Å². The van der Waals surface area contributed by atoms with Crippen molar-refractivity contribution >= 4 is 29.4 Å². The van der Waals surface area contributed by atoms with Crippen LogP contribution in [0.3, 0.4) is 0 Å². The molecule has 8 nitrogen and oxygen atoms in total. The van der Waals surface area contributed by atoms with Crippen LogP contribution in [0.5, 0.6) is 11.5 Å². The SMILES string of the molecule is COc1cc(C=NNc2nc3ccccc3[nH]2)ccc1OC(=O)OC(C)(C)C. The van der Waals surface area contributed by atoms with E-state index < -0.39 is 11.8 Å². The number of ether oxygens (including phenoxy) is 3. The molecule has 0 spiro atoms. The standard InChI is InChI=1S/C20H22N4O4/c1-20(2,3)28-19(25)27-16-10-9-13(11-17(16)26-4)12-21-24-18-22-14-7-5-6-8-15(14)23-18/h5-12H,1-4H3,(H2,22,23,24). The lowest BCUT2D eigenvalue weighted by Gasteiger charge is -2.19. The number of rotatable bonds is 5. The summed E-state index contributed by atoms with van der Waals surface area (Å²) in [6, 6.07) is 12.8. The van der Waals surface area contributed by atoms with Gasteiger partial charge in [0.2, 0.25) is 5.95 Å². The number of nitrogens with zero attached hydrogens (tertiary/aromatic N) is 2. The predicted octanol–water partition coefficient (Wildman–Crippen LogP) is 4.33. The molecule has 0 aliphatic carbocycles. The van der Waals surface area contributed by atoms with Gasteiger partial charge in [0.1, 0.15) is 5.60 Å². The van der Waals surface area contributed by atoms with Gasteiger partial charge >= 0.3 is 6.16 Å². The van der Waals surface area contributed by atoms with Crippen molar-refractivity contribution in [3.63, 3.8) is 0 Å². The van der Waals surface area contributed by atoms with Gasteiger partial charge in [-0.3, -0.25) is 0 Å². The fraction of sp³-hybridized carbons (Fsp3) is 0.250. The number of aromatic amines is 1. The summed E-state index contributed by atoms with van der Waals surface area (Å²) in [4.78, 5) is 19.3. The first-order chi connectivity index (χ1) is 13.3. The van der Waals surface area contributed by atoms with Crippen LogP contribution in [0.25, 0.3) is 11.0 Å². The van der Waals surface area contributed by atoms with Gasteiger partial charge in [0.25, 0.3) is 0 Å². The number of carbonyl (C=O) groups excluding carboxylic acids is 1. The Labute approximate surface area is 162 Å². The fourth-order valence-corrected chi connectivity index (χ4v) is 2.38. The molecule has 8 heteroatoms. The average Bonchev–Trinajstić information content (AvgIpc) is 3.04. The molecule has 1 aromatic heterocycles. The summed E-state index contributed by atoms with van der Waals surface area (Å²) >= 11 is 0. The van der Waals surface area contributed by atoms with Crippen molar-refractivity contribution in [2.24, 2.45) is 5.10 Å². The molecule has 0 fully saturated rings. The van der Waals surface area contributed by atoms with E-state index >= 15 is 0 Å². The van der Waals surface area contributed by atoms with Crippen LogP contribution in [-0.2, 0) is 4.74 Å². The van der Waals surface area contributed by atoms with Crippen molar-refractivity contribution in [1.82, 2.24) is 9.97 Å². The molecule has 0 aliphatic heterocycles. The number of benzene rings is 2. The van der Waals surface area contributed by atoms with Crippen LogP contribution in [0.4, 0.5) is 10.7 Å². The Bertz CT molecular complexity index is 972. The van der Waals surface area contributed by atoms with Crippen LogP contribution >= 0.6 is 0 Å². The molecule has 0 saturated carbocycles. The van der Waals surface area contributed by atoms with Gasteiger partial charge in [0.05, 0.1) is 24.4 Å². The van der Waals surface area contributed by atoms with E-state index in [1.165, 1.54) is 7.11 Å². The highest BCUT2D eigenvalue weighted by Gasteiger charge is 2.19. The lowest BCUT2D eigenvalue weighted by atomic mass is 10.2. The summed E-state index contributed by atoms with van der Waals surface area (Å²) in [7, 11) is 1.49. The van der Waals surface area contributed by atoms with Crippen molar-refractivity contribution in [2.75, 3.05) is 12.5 Å². The number of para-hydroxylation sites is 2. The van der Waals surface area contributed by atoms with Crippen molar-refractivity contribution in [3.05, 3.63) is 48.0 Å². The quantitative estimate of drug-likeness (QED) is 0.295. The summed E-state index contributed by atoms with van der Waals surface area (Å²) in [6.45, 7) is 5.29. The summed E-state index contributed by atoms with van der Waals surface area (Å²) in [5.74, 6) is 1.19. The second-order valence-corrected chi connectivity index (χ2v) is 6.95. The number of methoxy groups -OCH3 is 1. The Morgan fingerprint density at radius 2 is 1.96 bits per heavy atom. The molecule has 1 heterocycles. The van der Waals surface area contributed by atoms with Crippen molar-refractivity contribution in [2.45, 2.75) is 26.4 Å². The Balaban J connectivity index is 1.67. The lowest BCUT2D eigenvalue weighted by molar-refractivity contribution is 0.0201. The number of fused-ring (bicyclic) bond motifs is 1. The van der Waals surface area contributed by atoms with Gasteiger partial charge < -0.3 is 19.2 Å². The third kappa shape index (κ3) is 5.00. The Morgan fingerprint density at radius 1 is 1.18 bits per heavy atom. The number of imidazole rings is 1. The van der Waals surface area contributed by atoms with Crippen LogP contribution in [-0.4, -0.2) is 35.0 Å². The summed E-state index contributed by atoms with van der Waals surface area (Å²) in [5, 5.41) is 4.16. The molecule has 0 unspecified atom stereocenters. The van der Waals surface area contributed by atoms with Crippen molar-refractivity contribution < 1.29 is 19.0 Å². The van der Waals surface area contributed by atoms with Crippen LogP contribution < -0.4 is 14.9 Å². The summed E-state index contributed by atoms with van der Waals surface area (Å²) < 4.78 is 15.6. The lowest BCUT2D eigenvalue weighted by Crippen LogP contribution is -2.26. The van der Waals surface area contributed by atoms with E-state index in [9.17, 15) is 4.79 Å². The fourth-order valence-electron chi connectivity index (χ4n) is 2.38. The maximum atomic E-state index is 11.8. The molecule has 3 rings (SSSR count). The van der Waals surface area contributed by atoms with Crippen LogP contribution in [0.1, 0.15) is 26.3 Å². The monoisotopic (exact) mass is 382 g/mol. The molecular weight excluding hydrogens is 360 g/mol. The number of hydrazone groups is 1. The third-order valence-corrected chi connectivity index (χ3v) is 3.54. The third-order valence-electron chi connectivity index (χ3n) is 3.54. The number of anilines is 1. The number of H-pyrrole nitrogens is 1.